The molecule has 9 nitrogen and oxygen atoms in total. The van der Waals surface area contributed by atoms with Crippen molar-refractivity contribution in [3.8, 4) is 0 Å². The van der Waals surface area contributed by atoms with Gasteiger partial charge in [0.25, 0.3) is 0 Å². The topological polar surface area (TPSA) is 29.2 Å². The molecule has 3 saturated heterocycles. The fourth-order valence-electron chi connectivity index (χ4n) is 9.84. The molecule has 3 heterocycles. The van der Waals surface area contributed by atoms with Crippen LogP contribution in [-0.2, 0) is 0 Å². The highest BCUT2D eigenvalue weighted by Gasteiger charge is 2.21. The summed E-state index contributed by atoms with van der Waals surface area (Å²) in [6.07, 6.45) is 0. The summed E-state index contributed by atoms with van der Waals surface area (Å²) in [4.78, 5) is 24.1. The SMILES string of the molecule is CC(C)CN1CCN(CC(C)C)CC1.CC(C)CN1CCN(CC(C)C)CCN(CC(C)C)CC1.CC(C)CN1CCN(CC(C)C)CCN(CC(C)C)CCN(CC(C)C)CC1. The Morgan fingerprint density at radius 3 is 0.270 bits per heavy atom. The Morgan fingerprint density at radius 1 is 0.159 bits per heavy atom. The van der Waals surface area contributed by atoms with Crippen LogP contribution in [0.25, 0.3) is 0 Å². The van der Waals surface area contributed by atoms with Gasteiger partial charge >= 0.3 is 0 Å². The molecular formula is C54H117N9. The van der Waals surface area contributed by atoms with Gasteiger partial charge in [-0.15, -0.1) is 0 Å². The average molecular weight is 893 g/mol. The summed E-state index contributed by atoms with van der Waals surface area (Å²) >= 11 is 0. The monoisotopic (exact) mass is 892 g/mol. The summed E-state index contributed by atoms with van der Waals surface area (Å²) in [5.74, 6) is 6.89. The molecule has 0 aliphatic carbocycles. The zero-order valence-electron chi connectivity index (χ0n) is 46.3. The molecule has 63 heavy (non-hydrogen) atoms. The predicted octanol–water partition coefficient (Wildman–Crippen LogP) is 8.62. The summed E-state index contributed by atoms with van der Waals surface area (Å²) in [7, 11) is 0. The van der Waals surface area contributed by atoms with Gasteiger partial charge in [-0.3, -0.25) is 0 Å². The lowest BCUT2D eigenvalue weighted by Gasteiger charge is -2.36. The van der Waals surface area contributed by atoms with E-state index in [-0.39, 0.29) is 0 Å². The van der Waals surface area contributed by atoms with Gasteiger partial charge in [0, 0.05) is 177 Å². The lowest BCUT2D eigenvalue weighted by atomic mass is 10.1. The number of hydrogen-bond donors (Lipinski definition) is 0. The zero-order valence-corrected chi connectivity index (χ0v) is 46.3. The van der Waals surface area contributed by atoms with Gasteiger partial charge in [-0.25, -0.2) is 0 Å². The van der Waals surface area contributed by atoms with E-state index in [0.29, 0.717) is 0 Å². The van der Waals surface area contributed by atoms with Crippen LogP contribution in [0.3, 0.4) is 0 Å². The van der Waals surface area contributed by atoms with Crippen LogP contribution >= 0.6 is 0 Å². The molecule has 0 spiro atoms. The molecule has 3 aliphatic heterocycles. The van der Waals surface area contributed by atoms with Crippen LogP contribution in [0, 0.1) is 53.3 Å². The smallest absolute Gasteiger partial charge is 0.0110 e. The summed E-state index contributed by atoms with van der Waals surface area (Å²) in [5.41, 5.74) is 0. The molecule has 0 radical (unpaired) electrons. The first-order chi connectivity index (χ1) is 29.6. The summed E-state index contributed by atoms with van der Waals surface area (Å²) in [5, 5.41) is 0. The Hall–Kier alpha value is -0.360. The first kappa shape index (κ1) is 60.7. The molecule has 0 bridgehead atoms. The minimum Gasteiger partial charge on any atom is -0.301 e. The van der Waals surface area contributed by atoms with E-state index >= 15 is 0 Å². The van der Waals surface area contributed by atoms with Crippen molar-refractivity contribution in [3.05, 3.63) is 0 Å². The molecule has 0 unspecified atom stereocenters. The second-order valence-electron chi connectivity index (χ2n) is 24.3. The molecular weight excluding hydrogens is 775 g/mol. The van der Waals surface area contributed by atoms with Crippen molar-refractivity contribution in [1.29, 1.82) is 0 Å². The Labute approximate surface area is 397 Å². The highest BCUT2D eigenvalue weighted by molar-refractivity contribution is 4.77. The molecule has 0 amide bonds. The van der Waals surface area contributed by atoms with Gasteiger partial charge in [-0.1, -0.05) is 125 Å². The predicted molar refractivity (Wildman–Crippen MR) is 282 cm³/mol. The van der Waals surface area contributed by atoms with Crippen LogP contribution in [-0.4, -0.2) is 221 Å². The Balaban J connectivity index is 0.000000499. The van der Waals surface area contributed by atoms with Crippen LogP contribution in [0.1, 0.15) is 125 Å². The Bertz CT molecular complexity index is 878. The highest BCUT2D eigenvalue weighted by Crippen LogP contribution is 2.11. The number of rotatable bonds is 18. The molecule has 3 aliphatic rings. The maximum Gasteiger partial charge on any atom is 0.0110 e. The lowest BCUT2D eigenvalue weighted by Crippen LogP contribution is -2.48. The van der Waals surface area contributed by atoms with Crippen molar-refractivity contribution < 1.29 is 0 Å². The number of piperazine rings is 1. The molecule has 9 heteroatoms. The molecule has 0 aromatic carbocycles. The quantitative estimate of drug-likeness (QED) is 0.134. The average Bonchev–Trinajstić information content (AvgIpc) is 3.23. The van der Waals surface area contributed by atoms with Crippen molar-refractivity contribution in [3.63, 3.8) is 0 Å². The molecule has 0 saturated carbocycles. The van der Waals surface area contributed by atoms with Gasteiger partial charge in [-0.05, 0) is 53.3 Å². The third-order valence-corrected chi connectivity index (χ3v) is 12.2. The molecule has 0 aromatic rings. The van der Waals surface area contributed by atoms with Crippen molar-refractivity contribution in [2.24, 2.45) is 53.3 Å². The van der Waals surface area contributed by atoms with Crippen LogP contribution in [0.2, 0.25) is 0 Å². The van der Waals surface area contributed by atoms with Crippen LogP contribution < -0.4 is 0 Å². The lowest BCUT2D eigenvalue weighted by molar-refractivity contribution is 0.113. The van der Waals surface area contributed by atoms with E-state index in [4.69, 9.17) is 0 Å². The molecule has 3 rings (SSSR count). The summed E-state index contributed by atoms with van der Waals surface area (Å²) in [6.45, 7) is 75.5. The number of hydrogen-bond acceptors (Lipinski definition) is 9. The summed E-state index contributed by atoms with van der Waals surface area (Å²) < 4.78 is 0. The van der Waals surface area contributed by atoms with Crippen molar-refractivity contribution >= 4 is 0 Å². The Morgan fingerprint density at radius 2 is 0.222 bits per heavy atom. The van der Waals surface area contributed by atoms with Crippen molar-refractivity contribution in [2.75, 3.05) is 177 Å². The third-order valence-electron chi connectivity index (χ3n) is 12.2. The van der Waals surface area contributed by atoms with E-state index in [1.165, 1.54) is 177 Å². The van der Waals surface area contributed by atoms with Crippen LogP contribution in [0.5, 0.6) is 0 Å². The van der Waals surface area contributed by atoms with E-state index in [1.54, 1.807) is 0 Å². The molecule has 378 valence electrons. The molecule has 0 aromatic heterocycles. The first-order valence-corrected chi connectivity index (χ1v) is 27.1. The minimum atomic E-state index is 0.742. The molecule has 0 N–H and O–H groups in total. The maximum absolute atomic E-state index is 2.72. The fourth-order valence-corrected chi connectivity index (χ4v) is 9.84. The van der Waals surface area contributed by atoms with Crippen molar-refractivity contribution in [2.45, 2.75) is 125 Å². The number of nitrogens with zero attached hydrogens (tertiary/aromatic N) is 9. The van der Waals surface area contributed by atoms with Gasteiger partial charge in [0.2, 0.25) is 0 Å². The van der Waals surface area contributed by atoms with Gasteiger partial charge in [0.15, 0.2) is 0 Å². The van der Waals surface area contributed by atoms with Gasteiger partial charge in [0.05, 0.1) is 0 Å². The van der Waals surface area contributed by atoms with Crippen molar-refractivity contribution in [1.82, 2.24) is 44.1 Å². The van der Waals surface area contributed by atoms with E-state index < -0.39 is 0 Å². The second kappa shape index (κ2) is 34.9. The van der Waals surface area contributed by atoms with Gasteiger partial charge in [-0.2, -0.15) is 0 Å². The zero-order chi connectivity index (χ0) is 47.5. The normalized spacial score (nSPS) is 21.0. The first-order valence-electron chi connectivity index (χ1n) is 27.1. The highest BCUT2D eigenvalue weighted by atomic mass is 15.3. The summed E-state index contributed by atoms with van der Waals surface area (Å²) in [6, 6.07) is 0. The Kier molecular flexibility index (Phi) is 33.6. The van der Waals surface area contributed by atoms with Gasteiger partial charge in [0.1, 0.15) is 0 Å². The van der Waals surface area contributed by atoms with E-state index in [1.807, 2.05) is 0 Å². The van der Waals surface area contributed by atoms with E-state index in [0.717, 1.165) is 53.3 Å². The van der Waals surface area contributed by atoms with Crippen LogP contribution in [0.15, 0.2) is 0 Å². The second-order valence-corrected chi connectivity index (χ2v) is 24.3. The molecule has 0 atom stereocenters. The molecule has 3 fully saturated rings. The van der Waals surface area contributed by atoms with Gasteiger partial charge < -0.3 is 44.1 Å². The minimum absolute atomic E-state index is 0.742. The van der Waals surface area contributed by atoms with E-state index in [2.05, 4.69) is 169 Å². The largest absolute Gasteiger partial charge is 0.301 e. The van der Waals surface area contributed by atoms with E-state index in [9.17, 15) is 0 Å². The van der Waals surface area contributed by atoms with Crippen LogP contribution in [0.4, 0.5) is 0 Å². The maximum atomic E-state index is 2.72. The third kappa shape index (κ3) is 33.7. The standard InChI is InChI=1S/C24H52N4.C18H39N3.C12H26N2/c1-21(2)17-25-9-11-26(18-22(3)4)13-15-28(20-24(7)8)16-14-27(12-10-25)19-23(5)6;1-16(2)13-19-7-9-20(14-17(3)4)11-12-21(10-8-19)15-18(5)6;1-11(2)9-13-5-7-14(8-6-13)10-12(3)4/h21-24H,9-20H2,1-8H3;16-18H,7-15H2,1-6H3;11-12H,5-10H2,1-4H3. The fraction of sp³-hybridized carbons (Fsp3) is 1.00.